The van der Waals surface area contributed by atoms with E-state index < -0.39 is 23.4 Å². The van der Waals surface area contributed by atoms with E-state index in [2.05, 4.69) is 5.32 Å². The number of carbonyl (C=O) groups is 2. The van der Waals surface area contributed by atoms with Crippen LogP contribution in [0.1, 0.15) is 13.3 Å². The van der Waals surface area contributed by atoms with Gasteiger partial charge in [0.2, 0.25) is 0 Å². The largest absolute Gasteiger partial charge is 0.494 e. The Balaban J connectivity index is 1.70. The quantitative estimate of drug-likeness (QED) is 0.353. The van der Waals surface area contributed by atoms with Crippen molar-refractivity contribution in [2.45, 2.75) is 13.3 Å². The van der Waals surface area contributed by atoms with Crippen LogP contribution in [-0.2, 0) is 14.3 Å². The number of nitrogens with zero attached hydrogens (tertiary/aromatic N) is 1. The van der Waals surface area contributed by atoms with E-state index in [1.807, 2.05) is 6.92 Å². The molecule has 0 bridgehead atoms. The molecule has 0 heterocycles. The number of anilines is 1. The number of nitrogens with one attached hydrogen (secondary N) is 1. The third kappa shape index (κ3) is 7.30. The molecule has 2 aromatic carbocycles. The predicted molar refractivity (Wildman–Crippen MR) is 105 cm³/mol. The molecule has 0 aliphatic heterocycles. The Bertz CT molecular complexity index is 871. The summed E-state index contributed by atoms with van der Waals surface area (Å²) >= 11 is 5.88. The van der Waals surface area contributed by atoms with Gasteiger partial charge in [0, 0.05) is 12.1 Å². The highest BCUT2D eigenvalue weighted by atomic mass is 35.5. The molecule has 0 radical (unpaired) electrons. The van der Waals surface area contributed by atoms with Gasteiger partial charge in [0.15, 0.2) is 6.61 Å². The summed E-state index contributed by atoms with van der Waals surface area (Å²) in [5, 5.41) is 13.1. The minimum atomic E-state index is -0.624. The molecule has 0 aromatic heterocycles. The number of hydrogen-bond donors (Lipinski definition) is 1. The molecule has 1 N–H and O–H groups in total. The Hall–Kier alpha value is -3.33. The number of ether oxygens (including phenoxy) is 3. The van der Waals surface area contributed by atoms with Gasteiger partial charge >= 0.3 is 5.97 Å². The molecule has 0 aliphatic carbocycles. The molecule has 0 fully saturated rings. The highest BCUT2D eigenvalue weighted by Crippen LogP contribution is 2.26. The molecule has 9 nitrogen and oxygen atoms in total. The van der Waals surface area contributed by atoms with Gasteiger partial charge in [-0.05, 0) is 37.3 Å². The Labute approximate surface area is 171 Å². The minimum absolute atomic E-state index is 0.00244. The first-order valence-electron chi connectivity index (χ1n) is 8.64. The van der Waals surface area contributed by atoms with Crippen LogP contribution in [0.3, 0.4) is 0 Å². The van der Waals surface area contributed by atoms with Gasteiger partial charge in [-0.15, -0.1) is 0 Å². The van der Waals surface area contributed by atoms with Crippen molar-refractivity contribution in [1.29, 1.82) is 0 Å². The lowest BCUT2D eigenvalue weighted by molar-refractivity contribution is -0.384. The summed E-state index contributed by atoms with van der Waals surface area (Å²) in [5.74, 6) is 0.0626. The zero-order valence-electron chi connectivity index (χ0n) is 15.6. The highest BCUT2D eigenvalue weighted by Gasteiger charge is 2.13. The molecular formula is C19H19ClN2O7. The second-order valence-electron chi connectivity index (χ2n) is 5.63. The maximum absolute atomic E-state index is 11.8. The molecule has 0 saturated heterocycles. The van der Waals surface area contributed by atoms with Gasteiger partial charge in [-0.3, -0.25) is 19.7 Å². The predicted octanol–water partition coefficient (Wildman–Crippen LogP) is 3.60. The number of rotatable bonds is 10. The van der Waals surface area contributed by atoms with Crippen LogP contribution in [0.15, 0.2) is 42.5 Å². The van der Waals surface area contributed by atoms with Crippen molar-refractivity contribution in [3.05, 3.63) is 57.6 Å². The van der Waals surface area contributed by atoms with Gasteiger partial charge in [-0.1, -0.05) is 11.6 Å². The van der Waals surface area contributed by atoms with E-state index in [-0.39, 0.29) is 29.4 Å². The van der Waals surface area contributed by atoms with Crippen LogP contribution in [0, 0.1) is 10.1 Å². The van der Waals surface area contributed by atoms with E-state index in [4.69, 9.17) is 25.8 Å². The molecular weight excluding hydrogens is 404 g/mol. The number of hydrogen-bond acceptors (Lipinski definition) is 7. The summed E-state index contributed by atoms with van der Waals surface area (Å²) in [6.45, 7) is 2.02. The fraction of sp³-hybridized carbons (Fsp3) is 0.263. The zero-order valence-corrected chi connectivity index (χ0v) is 16.3. The molecule has 0 atom stereocenters. The summed E-state index contributed by atoms with van der Waals surface area (Å²) < 4.78 is 15.6. The summed E-state index contributed by atoms with van der Waals surface area (Å²) in [5.41, 5.74) is -0.0240. The minimum Gasteiger partial charge on any atom is -0.494 e. The first-order chi connectivity index (χ1) is 13.9. The number of esters is 1. The summed E-state index contributed by atoms with van der Waals surface area (Å²) in [4.78, 5) is 33.6. The SMILES string of the molecule is CCOc1ccc(OCCC(=O)OCC(=O)Nc2ccc([N+](=O)[O-])cc2Cl)cc1. The van der Waals surface area contributed by atoms with Crippen molar-refractivity contribution in [2.75, 3.05) is 25.1 Å². The van der Waals surface area contributed by atoms with E-state index in [0.717, 1.165) is 11.8 Å². The number of nitro groups is 1. The first kappa shape index (κ1) is 22.0. The van der Waals surface area contributed by atoms with Crippen molar-refractivity contribution in [1.82, 2.24) is 0 Å². The molecule has 0 saturated carbocycles. The molecule has 2 aromatic rings. The van der Waals surface area contributed by atoms with Crippen molar-refractivity contribution >= 4 is 34.9 Å². The number of carbonyl (C=O) groups excluding carboxylic acids is 2. The third-order valence-electron chi connectivity index (χ3n) is 3.51. The Kier molecular flexibility index (Phi) is 8.23. The van der Waals surface area contributed by atoms with Crippen molar-refractivity contribution in [3.8, 4) is 11.5 Å². The Morgan fingerprint density at radius 1 is 1.10 bits per heavy atom. The van der Waals surface area contributed by atoms with Crippen LogP contribution < -0.4 is 14.8 Å². The zero-order chi connectivity index (χ0) is 21.2. The molecule has 0 aliphatic rings. The lowest BCUT2D eigenvalue weighted by atomic mass is 10.3. The number of non-ortho nitro benzene ring substituents is 1. The van der Waals surface area contributed by atoms with Gasteiger partial charge in [0.1, 0.15) is 11.5 Å². The van der Waals surface area contributed by atoms with E-state index in [0.29, 0.717) is 12.4 Å². The van der Waals surface area contributed by atoms with Crippen LogP contribution in [0.2, 0.25) is 5.02 Å². The summed E-state index contributed by atoms with van der Waals surface area (Å²) in [7, 11) is 0. The van der Waals surface area contributed by atoms with E-state index in [1.165, 1.54) is 12.1 Å². The molecule has 154 valence electrons. The van der Waals surface area contributed by atoms with Crippen molar-refractivity contribution in [3.63, 3.8) is 0 Å². The summed E-state index contributed by atoms with van der Waals surface area (Å²) in [6.07, 6.45) is -0.0429. The van der Waals surface area contributed by atoms with Crippen molar-refractivity contribution in [2.24, 2.45) is 0 Å². The number of benzene rings is 2. The van der Waals surface area contributed by atoms with E-state index in [1.54, 1.807) is 24.3 Å². The average Bonchev–Trinajstić information content (AvgIpc) is 2.69. The van der Waals surface area contributed by atoms with Crippen LogP contribution >= 0.6 is 11.6 Å². The van der Waals surface area contributed by atoms with Gasteiger partial charge in [-0.25, -0.2) is 0 Å². The lowest BCUT2D eigenvalue weighted by Gasteiger charge is -2.09. The smallest absolute Gasteiger partial charge is 0.309 e. The van der Waals surface area contributed by atoms with Crippen LogP contribution in [0.5, 0.6) is 11.5 Å². The fourth-order valence-corrected chi connectivity index (χ4v) is 2.40. The number of halogens is 1. The molecule has 10 heteroatoms. The normalized spacial score (nSPS) is 10.1. The van der Waals surface area contributed by atoms with Crippen LogP contribution in [0.4, 0.5) is 11.4 Å². The van der Waals surface area contributed by atoms with E-state index in [9.17, 15) is 19.7 Å². The van der Waals surface area contributed by atoms with Gasteiger partial charge in [0.05, 0.1) is 35.3 Å². The highest BCUT2D eigenvalue weighted by molar-refractivity contribution is 6.34. The van der Waals surface area contributed by atoms with Crippen LogP contribution in [0.25, 0.3) is 0 Å². The second-order valence-corrected chi connectivity index (χ2v) is 6.04. The maximum Gasteiger partial charge on any atom is 0.309 e. The number of nitro benzene ring substituents is 1. The first-order valence-corrected chi connectivity index (χ1v) is 9.02. The molecule has 1 amide bonds. The molecule has 0 unspecified atom stereocenters. The third-order valence-corrected chi connectivity index (χ3v) is 3.82. The Morgan fingerprint density at radius 2 is 1.76 bits per heavy atom. The van der Waals surface area contributed by atoms with Crippen LogP contribution in [-0.4, -0.2) is 36.6 Å². The van der Waals surface area contributed by atoms with E-state index >= 15 is 0 Å². The molecule has 29 heavy (non-hydrogen) atoms. The monoisotopic (exact) mass is 422 g/mol. The lowest BCUT2D eigenvalue weighted by Crippen LogP contribution is -2.21. The molecule has 2 rings (SSSR count). The average molecular weight is 423 g/mol. The van der Waals surface area contributed by atoms with Crippen molar-refractivity contribution < 1.29 is 28.7 Å². The second kappa shape index (κ2) is 10.9. The summed E-state index contributed by atoms with van der Waals surface area (Å²) in [6, 6.07) is 10.6. The Morgan fingerprint density at radius 3 is 2.34 bits per heavy atom. The fourth-order valence-electron chi connectivity index (χ4n) is 2.17. The van der Waals surface area contributed by atoms with Gasteiger partial charge in [-0.2, -0.15) is 0 Å². The van der Waals surface area contributed by atoms with Gasteiger partial charge < -0.3 is 19.5 Å². The maximum atomic E-state index is 11.8. The molecule has 0 spiro atoms. The standard InChI is InChI=1S/C19H19ClN2O7/c1-2-27-14-4-6-15(7-5-14)28-10-9-19(24)29-12-18(23)21-17-8-3-13(22(25)26)11-16(17)20/h3-8,11H,2,9-10,12H2,1H3,(H,21,23). The topological polar surface area (TPSA) is 117 Å². The van der Waals surface area contributed by atoms with Gasteiger partial charge in [0.25, 0.3) is 11.6 Å². The number of amides is 1.